The van der Waals surface area contributed by atoms with Crippen molar-refractivity contribution in [3.63, 3.8) is 0 Å². The van der Waals surface area contributed by atoms with Gasteiger partial charge in [-0.1, -0.05) is 0 Å². The maximum absolute atomic E-state index is 11.3. The van der Waals surface area contributed by atoms with Gasteiger partial charge in [-0.05, 0) is 0 Å². The Morgan fingerprint density at radius 1 is 0.682 bits per heavy atom. The fraction of sp³-hybridized carbons (Fsp3) is 0.947. The molecule has 0 aliphatic carbocycles. The van der Waals surface area contributed by atoms with E-state index in [4.69, 9.17) is 0 Å². The third-order valence-corrected chi connectivity index (χ3v) is 13.3. The van der Waals surface area contributed by atoms with E-state index >= 15 is 0 Å². The molecule has 0 aromatic rings. The molecule has 0 radical (unpaired) electrons. The Balaban J connectivity index is 5.48. The first-order chi connectivity index (χ1) is 10.5. The van der Waals surface area contributed by atoms with Crippen molar-refractivity contribution in [2.75, 3.05) is 30.8 Å². The first-order valence-electron chi connectivity index (χ1n) is 9.69. The summed E-state index contributed by atoms with van der Waals surface area (Å²) in [7, 11) is 0. The quantitative estimate of drug-likeness (QED) is 0.362. The van der Waals surface area contributed by atoms with E-state index < -0.39 is 12.6 Å². The first kappa shape index (κ1) is 21.9. The van der Waals surface area contributed by atoms with Gasteiger partial charge in [-0.2, -0.15) is 0 Å². The summed E-state index contributed by atoms with van der Waals surface area (Å²) < 4.78 is 0. The SMILES string of the molecule is CCCCP(CCCC)(CCCC)(CCCC)CCC(=O)O. The third kappa shape index (κ3) is 7.44. The van der Waals surface area contributed by atoms with Crippen molar-refractivity contribution in [2.24, 2.45) is 0 Å². The fourth-order valence-corrected chi connectivity index (χ4v) is 11.9. The summed E-state index contributed by atoms with van der Waals surface area (Å²) in [6.45, 7) is 7.26. The van der Waals surface area contributed by atoms with Gasteiger partial charge in [0.15, 0.2) is 0 Å². The molecule has 2 nitrogen and oxygen atoms in total. The molecule has 0 aromatic heterocycles. The van der Waals surface area contributed by atoms with Crippen molar-refractivity contribution in [1.82, 2.24) is 0 Å². The second-order valence-corrected chi connectivity index (χ2v) is 14.1. The van der Waals surface area contributed by atoms with Gasteiger partial charge in [0.2, 0.25) is 0 Å². The van der Waals surface area contributed by atoms with Crippen LogP contribution in [0.15, 0.2) is 0 Å². The molecule has 0 aromatic carbocycles. The summed E-state index contributed by atoms with van der Waals surface area (Å²) in [5, 5.41) is 9.31. The van der Waals surface area contributed by atoms with E-state index in [1.165, 1.54) is 76.0 Å². The Kier molecular flexibility index (Phi) is 11.4. The van der Waals surface area contributed by atoms with Gasteiger partial charge in [0, 0.05) is 0 Å². The summed E-state index contributed by atoms with van der Waals surface area (Å²) in [5.74, 6) is -0.588. The van der Waals surface area contributed by atoms with E-state index in [9.17, 15) is 9.90 Å². The molecule has 0 saturated heterocycles. The second kappa shape index (κ2) is 11.4. The van der Waals surface area contributed by atoms with Crippen LogP contribution in [0.3, 0.4) is 0 Å². The number of carboxylic acids is 1. The number of hydrogen-bond donors (Lipinski definition) is 1. The molecule has 0 saturated carbocycles. The van der Waals surface area contributed by atoms with E-state index in [0.29, 0.717) is 6.42 Å². The van der Waals surface area contributed by atoms with Crippen LogP contribution in [0.4, 0.5) is 0 Å². The van der Waals surface area contributed by atoms with Crippen LogP contribution in [0.2, 0.25) is 0 Å². The molecule has 0 atom stereocenters. The summed E-state index contributed by atoms with van der Waals surface area (Å²) in [5.41, 5.74) is 0. The zero-order chi connectivity index (χ0) is 16.9. The van der Waals surface area contributed by atoms with Crippen LogP contribution in [-0.4, -0.2) is 41.9 Å². The zero-order valence-corrected chi connectivity index (χ0v) is 16.6. The predicted molar refractivity (Wildman–Crippen MR) is 103 cm³/mol. The van der Waals surface area contributed by atoms with Crippen molar-refractivity contribution >= 4 is 12.6 Å². The number of carboxylic acid groups (broad SMARTS) is 1. The zero-order valence-electron chi connectivity index (χ0n) is 15.7. The Morgan fingerprint density at radius 2 is 1.00 bits per heavy atom. The van der Waals surface area contributed by atoms with Crippen LogP contribution in [-0.2, 0) is 4.79 Å². The normalized spacial score (nSPS) is 13.7. The Hall–Kier alpha value is -0.100. The second-order valence-electron chi connectivity index (χ2n) is 7.41. The molecule has 0 rings (SSSR count). The van der Waals surface area contributed by atoms with Gasteiger partial charge in [0.25, 0.3) is 0 Å². The van der Waals surface area contributed by atoms with Crippen LogP contribution in [0.5, 0.6) is 0 Å². The molecule has 22 heavy (non-hydrogen) atoms. The minimum atomic E-state index is -1.86. The molecular formula is C19H41O2P. The minimum absolute atomic E-state index is 0.401. The van der Waals surface area contributed by atoms with E-state index in [-0.39, 0.29) is 0 Å². The van der Waals surface area contributed by atoms with Gasteiger partial charge < -0.3 is 0 Å². The molecule has 0 heterocycles. The standard InChI is InChI=1S/C19H41O2P/c1-5-9-14-22(15-10-6-2,16-11-7-3,17-12-8-4)18-13-19(20)21/h5-18H2,1-4H3,(H,20,21). The molecule has 0 spiro atoms. The number of carbonyl (C=O) groups is 1. The van der Waals surface area contributed by atoms with Crippen LogP contribution in [0.1, 0.15) is 85.5 Å². The van der Waals surface area contributed by atoms with Gasteiger partial charge in [-0.3, -0.25) is 0 Å². The van der Waals surface area contributed by atoms with Crippen molar-refractivity contribution in [3.05, 3.63) is 0 Å². The fourth-order valence-electron chi connectivity index (χ4n) is 3.95. The molecule has 0 aliphatic rings. The van der Waals surface area contributed by atoms with Gasteiger partial charge >= 0.3 is 139 Å². The molecule has 0 unspecified atom stereocenters. The number of hydrogen-bond acceptors (Lipinski definition) is 1. The van der Waals surface area contributed by atoms with E-state index in [1.807, 2.05) is 0 Å². The van der Waals surface area contributed by atoms with Crippen molar-refractivity contribution in [1.29, 1.82) is 0 Å². The van der Waals surface area contributed by atoms with Gasteiger partial charge in [-0.25, -0.2) is 0 Å². The molecule has 0 fully saturated rings. The van der Waals surface area contributed by atoms with Gasteiger partial charge in [0.1, 0.15) is 0 Å². The summed E-state index contributed by atoms with van der Waals surface area (Å²) >= 11 is 0. The molecular weight excluding hydrogens is 291 g/mol. The van der Waals surface area contributed by atoms with Crippen molar-refractivity contribution < 1.29 is 9.90 Å². The Labute approximate surface area is 139 Å². The Bertz CT molecular complexity index is 258. The molecule has 0 aliphatic heterocycles. The molecule has 1 N–H and O–H groups in total. The van der Waals surface area contributed by atoms with Crippen LogP contribution < -0.4 is 0 Å². The monoisotopic (exact) mass is 332 g/mol. The maximum atomic E-state index is 11.3. The summed E-state index contributed by atoms with van der Waals surface area (Å²) in [6.07, 6.45) is 17.0. The van der Waals surface area contributed by atoms with Gasteiger partial charge in [-0.15, -0.1) is 0 Å². The topological polar surface area (TPSA) is 37.3 Å². The molecule has 0 amide bonds. The van der Waals surface area contributed by atoms with E-state index in [2.05, 4.69) is 27.7 Å². The molecule has 134 valence electrons. The van der Waals surface area contributed by atoms with Gasteiger partial charge in [0.05, 0.1) is 0 Å². The summed E-state index contributed by atoms with van der Waals surface area (Å²) in [4.78, 5) is 11.3. The number of aliphatic carboxylic acids is 1. The van der Waals surface area contributed by atoms with Crippen LogP contribution >= 0.6 is 6.60 Å². The molecule has 0 bridgehead atoms. The average Bonchev–Trinajstić information content (AvgIpc) is 2.53. The summed E-state index contributed by atoms with van der Waals surface area (Å²) in [6, 6.07) is 0. The third-order valence-electron chi connectivity index (χ3n) is 5.53. The predicted octanol–water partition coefficient (Wildman–Crippen LogP) is 6.21. The van der Waals surface area contributed by atoms with Crippen molar-refractivity contribution in [3.8, 4) is 0 Å². The van der Waals surface area contributed by atoms with E-state index in [0.717, 1.165) is 6.16 Å². The number of unbranched alkanes of at least 4 members (excludes halogenated alkanes) is 4. The first-order valence-corrected chi connectivity index (χ1v) is 12.9. The van der Waals surface area contributed by atoms with E-state index in [1.54, 1.807) is 0 Å². The van der Waals surface area contributed by atoms with Crippen molar-refractivity contribution in [2.45, 2.75) is 85.5 Å². The van der Waals surface area contributed by atoms with Crippen LogP contribution in [0.25, 0.3) is 0 Å². The van der Waals surface area contributed by atoms with Crippen LogP contribution in [0, 0.1) is 0 Å². The Morgan fingerprint density at radius 3 is 1.23 bits per heavy atom. The number of rotatable bonds is 15. The average molecular weight is 333 g/mol. The molecule has 3 heteroatoms.